The number of aliphatic hydroxyl groups is 1. The molecule has 0 aliphatic rings. The van der Waals surface area contributed by atoms with Gasteiger partial charge in [-0.05, 0) is 16.8 Å². The molecule has 44 valence electrons. The average Bonchev–Trinajstić information content (AvgIpc) is 1.68. The lowest BCUT2D eigenvalue weighted by molar-refractivity contribution is 0.235. The Morgan fingerprint density at radius 3 is 2.43 bits per heavy atom. The molecule has 0 saturated heterocycles. The average molecular weight is 214 g/mol. The first kappa shape index (κ1) is 7.69. The van der Waals surface area contributed by atoms with Crippen LogP contribution in [-0.2, 0) is 0 Å². The SMILES string of the molecule is C[C@@H](CO)CCI. The van der Waals surface area contributed by atoms with E-state index >= 15 is 0 Å². The van der Waals surface area contributed by atoms with Crippen LogP contribution in [0.4, 0.5) is 0 Å². The van der Waals surface area contributed by atoms with Crippen molar-refractivity contribution < 1.29 is 5.11 Å². The Bertz CT molecular complexity index is 39.1. The summed E-state index contributed by atoms with van der Waals surface area (Å²) in [6.07, 6.45) is 1.14. The number of hydrogen-bond donors (Lipinski definition) is 1. The fourth-order valence-corrected chi connectivity index (χ4v) is 1.34. The molecule has 0 aliphatic carbocycles. The Morgan fingerprint density at radius 2 is 2.29 bits per heavy atom. The van der Waals surface area contributed by atoms with E-state index in [1.54, 1.807) is 0 Å². The second kappa shape index (κ2) is 4.84. The van der Waals surface area contributed by atoms with Gasteiger partial charge in [-0.1, -0.05) is 29.5 Å². The maximum absolute atomic E-state index is 8.46. The van der Waals surface area contributed by atoms with Crippen LogP contribution >= 0.6 is 22.6 Å². The van der Waals surface area contributed by atoms with E-state index in [1.807, 2.05) is 0 Å². The standard InChI is InChI=1S/C5H11IO/c1-5(4-7)2-3-6/h5,7H,2-4H2,1H3/t5-/m1/s1. The zero-order chi connectivity index (χ0) is 5.70. The molecule has 0 aromatic heterocycles. The number of hydrogen-bond acceptors (Lipinski definition) is 1. The molecule has 1 nitrogen and oxygen atoms in total. The second-order valence-electron chi connectivity index (χ2n) is 1.77. The molecule has 0 aliphatic heterocycles. The predicted molar refractivity (Wildman–Crippen MR) is 39.8 cm³/mol. The molecule has 0 fully saturated rings. The normalized spacial score (nSPS) is 14.1. The van der Waals surface area contributed by atoms with Crippen LogP contribution in [0.2, 0.25) is 0 Å². The van der Waals surface area contributed by atoms with E-state index in [2.05, 4.69) is 29.5 Å². The molecule has 0 radical (unpaired) electrons. The number of aliphatic hydroxyl groups excluding tert-OH is 1. The molecule has 0 rings (SSSR count). The number of alkyl halides is 1. The lowest BCUT2D eigenvalue weighted by Crippen LogP contribution is -1.99. The van der Waals surface area contributed by atoms with Gasteiger partial charge in [-0.2, -0.15) is 0 Å². The minimum absolute atomic E-state index is 0.336. The maximum atomic E-state index is 8.46. The van der Waals surface area contributed by atoms with Gasteiger partial charge in [-0.25, -0.2) is 0 Å². The summed E-state index contributed by atoms with van der Waals surface area (Å²) in [7, 11) is 0. The highest BCUT2D eigenvalue weighted by atomic mass is 127. The molecule has 0 bridgehead atoms. The molecule has 0 amide bonds. The predicted octanol–water partition coefficient (Wildman–Crippen LogP) is 1.44. The van der Waals surface area contributed by atoms with Gasteiger partial charge in [0, 0.05) is 6.61 Å². The summed E-state index contributed by atoms with van der Waals surface area (Å²) >= 11 is 2.31. The molecular weight excluding hydrogens is 203 g/mol. The third-order valence-corrected chi connectivity index (χ3v) is 1.54. The summed E-state index contributed by atoms with van der Waals surface area (Å²) < 4.78 is 1.15. The van der Waals surface area contributed by atoms with Crippen LogP contribution in [0.3, 0.4) is 0 Å². The zero-order valence-electron chi connectivity index (χ0n) is 4.52. The summed E-state index contributed by atoms with van der Waals surface area (Å²) in [6, 6.07) is 0. The Labute approximate surface area is 58.3 Å². The van der Waals surface area contributed by atoms with Crippen molar-refractivity contribution in [3.63, 3.8) is 0 Å². The van der Waals surface area contributed by atoms with Gasteiger partial charge in [-0.15, -0.1) is 0 Å². The third-order valence-electron chi connectivity index (χ3n) is 0.914. The highest BCUT2D eigenvalue weighted by molar-refractivity contribution is 14.1. The fraction of sp³-hybridized carbons (Fsp3) is 1.00. The van der Waals surface area contributed by atoms with Crippen molar-refractivity contribution in [2.75, 3.05) is 11.0 Å². The van der Waals surface area contributed by atoms with E-state index in [9.17, 15) is 0 Å². The first-order valence-corrected chi connectivity index (χ1v) is 4.00. The van der Waals surface area contributed by atoms with Gasteiger partial charge in [0.05, 0.1) is 0 Å². The van der Waals surface area contributed by atoms with Gasteiger partial charge in [0.25, 0.3) is 0 Å². The van der Waals surface area contributed by atoms with E-state index in [-0.39, 0.29) is 0 Å². The van der Waals surface area contributed by atoms with Gasteiger partial charge in [0.2, 0.25) is 0 Å². The van der Waals surface area contributed by atoms with Crippen molar-refractivity contribution in [2.24, 2.45) is 5.92 Å². The minimum atomic E-state index is 0.336. The van der Waals surface area contributed by atoms with E-state index in [0.29, 0.717) is 12.5 Å². The van der Waals surface area contributed by atoms with E-state index in [0.717, 1.165) is 10.8 Å². The summed E-state index contributed by atoms with van der Waals surface area (Å²) in [6.45, 7) is 2.39. The van der Waals surface area contributed by atoms with Crippen molar-refractivity contribution in [1.29, 1.82) is 0 Å². The third kappa shape index (κ3) is 4.55. The summed E-state index contributed by atoms with van der Waals surface area (Å²) in [5.74, 6) is 0.497. The second-order valence-corrected chi connectivity index (χ2v) is 2.84. The zero-order valence-corrected chi connectivity index (χ0v) is 6.68. The summed E-state index contributed by atoms with van der Waals surface area (Å²) in [5, 5.41) is 8.46. The first-order valence-electron chi connectivity index (χ1n) is 2.48. The lowest BCUT2D eigenvalue weighted by atomic mass is 10.1. The van der Waals surface area contributed by atoms with Crippen LogP contribution in [-0.4, -0.2) is 16.1 Å². The van der Waals surface area contributed by atoms with Gasteiger partial charge >= 0.3 is 0 Å². The van der Waals surface area contributed by atoms with Crippen LogP contribution in [0.15, 0.2) is 0 Å². The molecule has 0 aromatic rings. The van der Waals surface area contributed by atoms with Gasteiger partial charge in [0.1, 0.15) is 0 Å². The number of rotatable bonds is 3. The largest absolute Gasteiger partial charge is 0.396 e. The lowest BCUT2D eigenvalue weighted by Gasteiger charge is -2.01. The quantitative estimate of drug-likeness (QED) is 0.556. The summed E-state index contributed by atoms with van der Waals surface area (Å²) in [5.41, 5.74) is 0. The molecule has 0 heterocycles. The maximum Gasteiger partial charge on any atom is 0.0456 e. The highest BCUT2D eigenvalue weighted by Crippen LogP contribution is 2.01. The van der Waals surface area contributed by atoms with E-state index in [4.69, 9.17) is 5.11 Å². The fourth-order valence-electron chi connectivity index (χ4n) is 0.278. The summed E-state index contributed by atoms with van der Waals surface area (Å²) in [4.78, 5) is 0. The van der Waals surface area contributed by atoms with Gasteiger partial charge < -0.3 is 5.11 Å². The topological polar surface area (TPSA) is 20.2 Å². The van der Waals surface area contributed by atoms with Crippen molar-refractivity contribution in [2.45, 2.75) is 13.3 Å². The molecule has 7 heavy (non-hydrogen) atoms. The monoisotopic (exact) mass is 214 g/mol. The van der Waals surface area contributed by atoms with Crippen molar-refractivity contribution >= 4 is 22.6 Å². The van der Waals surface area contributed by atoms with E-state index in [1.165, 1.54) is 0 Å². The molecule has 0 saturated carbocycles. The Hall–Kier alpha value is 0.690. The molecular formula is C5H11IO. The Balaban J connectivity index is 2.83. The molecule has 1 N–H and O–H groups in total. The van der Waals surface area contributed by atoms with Gasteiger partial charge in [-0.3, -0.25) is 0 Å². The van der Waals surface area contributed by atoms with Crippen molar-refractivity contribution in [1.82, 2.24) is 0 Å². The highest BCUT2D eigenvalue weighted by Gasteiger charge is 1.94. The van der Waals surface area contributed by atoms with Crippen LogP contribution in [0.1, 0.15) is 13.3 Å². The smallest absolute Gasteiger partial charge is 0.0456 e. The Kier molecular flexibility index (Phi) is 5.32. The number of halogens is 1. The first-order chi connectivity index (χ1) is 3.31. The minimum Gasteiger partial charge on any atom is -0.396 e. The molecule has 0 unspecified atom stereocenters. The van der Waals surface area contributed by atoms with Crippen molar-refractivity contribution in [3.8, 4) is 0 Å². The van der Waals surface area contributed by atoms with Crippen molar-refractivity contribution in [3.05, 3.63) is 0 Å². The Morgan fingerprint density at radius 1 is 1.71 bits per heavy atom. The van der Waals surface area contributed by atoms with Crippen LogP contribution in [0, 0.1) is 5.92 Å². The van der Waals surface area contributed by atoms with Crippen LogP contribution < -0.4 is 0 Å². The van der Waals surface area contributed by atoms with E-state index < -0.39 is 0 Å². The molecule has 0 aromatic carbocycles. The van der Waals surface area contributed by atoms with Gasteiger partial charge in [0.15, 0.2) is 0 Å². The van der Waals surface area contributed by atoms with Crippen LogP contribution in [0.25, 0.3) is 0 Å². The molecule has 0 spiro atoms. The van der Waals surface area contributed by atoms with Crippen LogP contribution in [0.5, 0.6) is 0 Å². The molecule has 1 atom stereocenters. The molecule has 2 heteroatoms.